The summed E-state index contributed by atoms with van der Waals surface area (Å²) in [4.78, 5) is 0. The van der Waals surface area contributed by atoms with Crippen LogP contribution in [0, 0.1) is 5.92 Å². The zero-order chi connectivity index (χ0) is 12.7. The van der Waals surface area contributed by atoms with Crippen molar-refractivity contribution in [3.05, 3.63) is 12.7 Å². The molecule has 0 radical (unpaired) electrons. The van der Waals surface area contributed by atoms with Crippen LogP contribution >= 0.6 is 0 Å². The van der Waals surface area contributed by atoms with Crippen LogP contribution in [-0.2, 0) is 10.0 Å². The average Bonchev–Trinajstić information content (AvgIpc) is 2.30. The van der Waals surface area contributed by atoms with Gasteiger partial charge in [0, 0.05) is 13.1 Å². The SMILES string of the molecule is C=CCS(=O)(=O)N(CCC)CC1CCCNC1. The molecule has 0 aliphatic carbocycles. The van der Waals surface area contributed by atoms with Gasteiger partial charge in [-0.3, -0.25) is 0 Å². The highest BCUT2D eigenvalue weighted by Crippen LogP contribution is 2.14. The number of sulfonamides is 1. The first-order valence-corrected chi connectivity index (χ1v) is 8.00. The van der Waals surface area contributed by atoms with Gasteiger partial charge in [0.1, 0.15) is 0 Å². The Bertz CT molecular complexity index is 321. The van der Waals surface area contributed by atoms with E-state index < -0.39 is 10.0 Å². The summed E-state index contributed by atoms with van der Waals surface area (Å²) in [7, 11) is -3.15. The molecular weight excluding hydrogens is 236 g/mol. The van der Waals surface area contributed by atoms with Gasteiger partial charge in [0.2, 0.25) is 10.0 Å². The molecule has 100 valence electrons. The lowest BCUT2D eigenvalue weighted by Crippen LogP contribution is -2.42. The normalized spacial score (nSPS) is 21.6. The minimum atomic E-state index is -3.15. The summed E-state index contributed by atoms with van der Waals surface area (Å²) in [5.74, 6) is 0.502. The van der Waals surface area contributed by atoms with Crippen LogP contribution in [0.2, 0.25) is 0 Å². The van der Waals surface area contributed by atoms with Crippen molar-refractivity contribution < 1.29 is 8.42 Å². The van der Waals surface area contributed by atoms with Gasteiger partial charge in [-0.25, -0.2) is 12.7 Å². The molecule has 0 saturated carbocycles. The predicted molar refractivity (Wildman–Crippen MR) is 71.4 cm³/mol. The van der Waals surface area contributed by atoms with E-state index in [0.717, 1.165) is 32.4 Å². The largest absolute Gasteiger partial charge is 0.316 e. The number of nitrogens with zero attached hydrogens (tertiary/aromatic N) is 1. The van der Waals surface area contributed by atoms with Crippen molar-refractivity contribution in [2.24, 2.45) is 5.92 Å². The van der Waals surface area contributed by atoms with Crippen LogP contribution in [0.5, 0.6) is 0 Å². The molecule has 1 N–H and O–H groups in total. The summed E-state index contributed by atoms with van der Waals surface area (Å²) in [6.45, 7) is 8.79. The molecule has 1 atom stereocenters. The van der Waals surface area contributed by atoms with E-state index in [1.165, 1.54) is 6.08 Å². The van der Waals surface area contributed by atoms with Crippen molar-refractivity contribution in [2.75, 3.05) is 31.9 Å². The fourth-order valence-electron chi connectivity index (χ4n) is 2.22. The van der Waals surface area contributed by atoms with Crippen LogP contribution in [0.4, 0.5) is 0 Å². The summed E-state index contributed by atoms with van der Waals surface area (Å²) in [6, 6.07) is 0. The molecule has 1 fully saturated rings. The second kappa shape index (κ2) is 7.13. The molecule has 1 heterocycles. The molecule has 0 spiro atoms. The van der Waals surface area contributed by atoms with Crippen molar-refractivity contribution >= 4 is 10.0 Å². The van der Waals surface area contributed by atoms with Crippen molar-refractivity contribution in [3.8, 4) is 0 Å². The van der Waals surface area contributed by atoms with Crippen LogP contribution in [0.1, 0.15) is 26.2 Å². The van der Waals surface area contributed by atoms with Gasteiger partial charge in [0.05, 0.1) is 5.75 Å². The second-order valence-electron chi connectivity index (χ2n) is 4.64. The van der Waals surface area contributed by atoms with Crippen LogP contribution in [0.15, 0.2) is 12.7 Å². The third kappa shape index (κ3) is 4.77. The van der Waals surface area contributed by atoms with Crippen LogP contribution in [0.25, 0.3) is 0 Å². The van der Waals surface area contributed by atoms with E-state index >= 15 is 0 Å². The van der Waals surface area contributed by atoms with Crippen molar-refractivity contribution in [2.45, 2.75) is 26.2 Å². The molecule has 0 aromatic heterocycles. The Balaban J connectivity index is 2.61. The summed E-state index contributed by atoms with van der Waals surface area (Å²) >= 11 is 0. The van der Waals surface area contributed by atoms with E-state index in [4.69, 9.17) is 0 Å². The van der Waals surface area contributed by atoms with E-state index in [1.54, 1.807) is 4.31 Å². The lowest BCUT2D eigenvalue weighted by atomic mass is 10.00. The number of hydrogen-bond donors (Lipinski definition) is 1. The maximum absolute atomic E-state index is 12.0. The number of rotatable bonds is 7. The van der Waals surface area contributed by atoms with Gasteiger partial charge < -0.3 is 5.32 Å². The Labute approximate surface area is 105 Å². The lowest BCUT2D eigenvalue weighted by molar-refractivity contribution is 0.292. The fourth-order valence-corrected chi connectivity index (χ4v) is 3.62. The molecule has 4 nitrogen and oxygen atoms in total. The molecule has 5 heteroatoms. The molecule has 1 rings (SSSR count). The molecule has 0 aromatic rings. The first-order chi connectivity index (χ1) is 8.10. The second-order valence-corrected chi connectivity index (χ2v) is 6.65. The zero-order valence-corrected chi connectivity index (χ0v) is 11.5. The molecule has 0 amide bonds. The van der Waals surface area contributed by atoms with Crippen LogP contribution in [0.3, 0.4) is 0 Å². The van der Waals surface area contributed by atoms with Gasteiger partial charge in [-0.05, 0) is 38.3 Å². The van der Waals surface area contributed by atoms with Gasteiger partial charge in [0.15, 0.2) is 0 Å². The first-order valence-electron chi connectivity index (χ1n) is 6.39. The summed E-state index contributed by atoms with van der Waals surface area (Å²) in [5.41, 5.74) is 0. The van der Waals surface area contributed by atoms with E-state index in [2.05, 4.69) is 11.9 Å². The Morgan fingerprint density at radius 1 is 1.53 bits per heavy atom. The van der Waals surface area contributed by atoms with E-state index in [1.807, 2.05) is 6.92 Å². The minimum Gasteiger partial charge on any atom is -0.316 e. The van der Waals surface area contributed by atoms with Crippen molar-refractivity contribution in [3.63, 3.8) is 0 Å². The topological polar surface area (TPSA) is 49.4 Å². The first kappa shape index (κ1) is 14.7. The van der Waals surface area contributed by atoms with Crippen LogP contribution < -0.4 is 5.32 Å². The standard InChI is InChI=1S/C12H24N2O2S/c1-3-8-14(17(15,16)9-4-2)11-12-6-5-7-13-10-12/h4,12-13H,2-3,5-11H2,1H3. The molecule has 0 bridgehead atoms. The van der Waals surface area contributed by atoms with E-state index in [9.17, 15) is 8.42 Å². The highest BCUT2D eigenvalue weighted by molar-refractivity contribution is 7.89. The number of hydrogen-bond acceptors (Lipinski definition) is 3. The molecule has 1 aliphatic heterocycles. The third-order valence-corrected chi connectivity index (χ3v) is 4.83. The molecule has 0 aromatic carbocycles. The highest BCUT2D eigenvalue weighted by Gasteiger charge is 2.24. The van der Waals surface area contributed by atoms with Gasteiger partial charge in [0.25, 0.3) is 0 Å². The quantitative estimate of drug-likeness (QED) is 0.700. The van der Waals surface area contributed by atoms with Gasteiger partial charge in [-0.15, -0.1) is 6.58 Å². The number of piperidine rings is 1. The summed E-state index contributed by atoms with van der Waals surface area (Å²) in [6.07, 6.45) is 4.59. The Morgan fingerprint density at radius 2 is 2.29 bits per heavy atom. The Kier molecular flexibility index (Phi) is 6.16. The molecule has 17 heavy (non-hydrogen) atoms. The predicted octanol–water partition coefficient (Wildman–Crippen LogP) is 1.21. The number of nitrogens with one attached hydrogen (secondary N) is 1. The molecule has 1 aliphatic rings. The molecule has 1 saturated heterocycles. The maximum atomic E-state index is 12.0. The van der Waals surface area contributed by atoms with Crippen molar-refractivity contribution in [1.29, 1.82) is 0 Å². The van der Waals surface area contributed by atoms with Gasteiger partial charge >= 0.3 is 0 Å². The zero-order valence-electron chi connectivity index (χ0n) is 10.7. The minimum absolute atomic E-state index is 0.0488. The average molecular weight is 260 g/mol. The Hall–Kier alpha value is -0.390. The molecule has 1 unspecified atom stereocenters. The molecular formula is C12H24N2O2S. The van der Waals surface area contributed by atoms with Crippen LogP contribution in [-0.4, -0.2) is 44.7 Å². The highest BCUT2D eigenvalue weighted by atomic mass is 32.2. The summed E-state index contributed by atoms with van der Waals surface area (Å²) in [5, 5.41) is 3.32. The van der Waals surface area contributed by atoms with E-state index in [0.29, 0.717) is 19.0 Å². The smallest absolute Gasteiger partial charge is 0.217 e. The van der Waals surface area contributed by atoms with Gasteiger partial charge in [-0.1, -0.05) is 13.0 Å². The third-order valence-electron chi connectivity index (χ3n) is 3.06. The van der Waals surface area contributed by atoms with E-state index in [-0.39, 0.29) is 5.75 Å². The fraction of sp³-hybridized carbons (Fsp3) is 0.833. The van der Waals surface area contributed by atoms with Gasteiger partial charge in [-0.2, -0.15) is 0 Å². The Morgan fingerprint density at radius 3 is 2.82 bits per heavy atom. The van der Waals surface area contributed by atoms with Crippen molar-refractivity contribution in [1.82, 2.24) is 9.62 Å². The lowest BCUT2D eigenvalue weighted by Gasteiger charge is -2.29. The summed E-state index contributed by atoms with van der Waals surface area (Å²) < 4.78 is 25.7. The monoisotopic (exact) mass is 260 g/mol. The maximum Gasteiger partial charge on any atom is 0.217 e.